The van der Waals surface area contributed by atoms with Gasteiger partial charge in [-0.2, -0.15) is 5.26 Å². The van der Waals surface area contributed by atoms with Crippen LogP contribution >= 0.6 is 11.3 Å². The van der Waals surface area contributed by atoms with Gasteiger partial charge in [0.2, 0.25) is 0 Å². The van der Waals surface area contributed by atoms with Gasteiger partial charge in [0, 0.05) is 10.9 Å². The van der Waals surface area contributed by atoms with Crippen LogP contribution in [-0.4, -0.2) is 12.1 Å². The van der Waals surface area contributed by atoms with E-state index in [0.717, 1.165) is 40.3 Å². The van der Waals surface area contributed by atoms with Crippen molar-refractivity contribution < 1.29 is 4.74 Å². The Hall–Kier alpha value is -1.83. The third-order valence-corrected chi connectivity index (χ3v) is 4.69. The number of ether oxygens (including phenoxy) is 1. The minimum absolute atomic E-state index is 0.146. The van der Waals surface area contributed by atoms with Crippen LogP contribution in [0.1, 0.15) is 24.1 Å². The highest BCUT2D eigenvalue weighted by Gasteiger charge is 2.25. The molecule has 0 bridgehead atoms. The molecule has 1 aliphatic carbocycles. The van der Waals surface area contributed by atoms with Gasteiger partial charge in [0.25, 0.3) is 0 Å². The maximum atomic E-state index is 8.85. The van der Waals surface area contributed by atoms with Gasteiger partial charge < -0.3 is 10.5 Å². The fourth-order valence-corrected chi connectivity index (χ4v) is 3.34. The summed E-state index contributed by atoms with van der Waals surface area (Å²) >= 11 is 1.50. The van der Waals surface area contributed by atoms with Gasteiger partial charge in [0.15, 0.2) is 0 Å². The third kappa shape index (κ3) is 2.69. The van der Waals surface area contributed by atoms with E-state index in [1.54, 1.807) is 0 Å². The van der Waals surface area contributed by atoms with Gasteiger partial charge in [0.05, 0.1) is 0 Å². The zero-order valence-corrected chi connectivity index (χ0v) is 11.9. The van der Waals surface area contributed by atoms with Crippen LogP contribution < -0.4 is 10.5 Å². The number of hydrogen-bond acceptors (Lipinski definition) is 4. The van der Waals surface area contributed by atoms with Crippen LogP contribution in [0.3, 0.4) is 0 Å². The molecule has 2 aromatic rings. The van der Waals surface area contributed by atoms with Crippen LogP contribution in [0.2, 0.25) is 0 Å². The molecule has 4 heteroatoms. The SMILES string of the molecule is N#Cc1ccc(-c2ccc(O[C@@H]3CCC[C@@H]3N)cc2)s1. The smallest absolute Gasteiger partial charge is 0.119 e. The summed E-state index contributed by atoms with van der Waals surface area (Å²) in [6, 6.07) is 14.2. The molecule has 0 amide bonds. The Labute approximate surface area is 122 Å². The summed E-state index contributed by atoms with van der Waals surface area (Å²) in [7, 11) is 0. The highest BCUT2D eigenvalue weighted by molar-refractivity contribution is 7.16. The molecule has 1 aliphatic rings. The van der Waals surface area contributed by atoms with E-state index in [1.807, 2.05) is 36.4 Å². The number of hydrogen-bond donors (Lipinski definition) is 1. The lowest BCUT2D eigenvalue weighted by atomic mass is 10.2. The fraction of sp³-hybridized carbons (Fsp3) is 0.312. The Kier molecular flexibility index (Phi) is 3.72. The summed E-state index contributed by atoms with van der Waals surface area (Å²) in [5.41, 5.74) is 7.12. The van der Waals surface area contributed by atoms with E-state index in [0.29, 0.717) is 0 Å². The summed E-state index contributed by atoms with van der Waals surface area (Å²) < 4.78 is 5.93. The number of rotatable bonds is 3. The third-order valence-electron chi connectivity index (χ3n) is 3.65. The van der Waals surface area contributed by atoms with E-state index >= 15 is 0 Å². The summed E-state index contributed by atoms with van der Waals surface area (Å²) in [5, 5.41) is 8.85. The quantitative estimate of drug-likeness (QED) is 0.937. The lowest BCUT2D eigenvalue weighted by Crippen LogP contribution is -2.33. The molecule has 3 rings (SSSR count). The van der Waals surface area contributed by atoms with Crippen molar-refractivity contribution in [3.8, 4) is 22.3 Å². The first-order chi connectivity index (χ1) is 9.76. The number of nitrogens with two attached hydrogens (primary N) is 1. The summed E-state index contributed by atoms with van der Waals surface area (Å²) in [6.45, 7) is 0. The van der Waals surface area contributed by atoms with Crippen LogP contribution in [0, 0.1) is 11.3 Å². The van der Waals surface area contributed by atoms with Crippen LogP contribution in [0.5, 0.6) is 5.75 Å². The van der Waals surface area contributed by atoms with Gasteiger partial charge >= 0.3 is 0 Å². The fourth-order valence-electron chi connectivity index (χ4n) is 2.53. The van der Waals surface area contributed by atoms with Gasteiger partial charge in [-0.1, -0.05) is 0 Å². The molecular formula is C16H16N2OS. The Morgan fingerprint density at radius 1 is 1.15 bits per heavy atom. The zero-order valence-electron chi connectivity index (χ0n) is 11.1. The van der Waals surface area contributed by atoms with Crippen LogP contribution in [0.25, 0.3) is 10.4 Å². The zero-order chi connectivity index (χ0) is 13.9. The molecule has 102 valence electrons. The monoisotopic (exact) mass is 284 g/mol. The second kappa shape index (κ2) is 5.66. The average Bonchev–Trinajstić information content (AvgIpc) is 3.10. The molecule has 1 aromatic heterocycles. The molecular weight excluding hydrogens is 268 g/mol. The molecule has 1 heterocycles. The number of nitriles is 1. The number of benzene rings is 1. The second-order valence-corrected chi connectivity index (χ2v) is 6.13. The van der Waals surface area contributed by atoms with Crippen LogP contribution in [0.4, 0.5) is 0 Å². The molecule has 1 fully saturated rings. The van der Waals surface area contributed by atoms with Gasteiger partial charge in [-0.15, -0.1) is 11.3 Å². The molecule has 2 N–H and O–H groups in total. The minimum atomic E-state index is 0.146. The Bertz CT molecular complexity index is 627. The Morgan fingerprint density at radius 2 is 1.95 bits per heavy atom. The summed E-state index contributed by atoms with van der Waals surface area (Å²) in [6.07, 6.45) is 3.39. The molecule has 0 aliphatic heterocycles. The number of thiophene rings is 1. The van der Waals surface area contributed by atoms with Crippen LogP contribution in [-0.2, 0) is 0 Å². The lowest BCUT2D eigenvalue weighted by molar-refractivity contribution is 0.192. The van der Waals surface area contributed by atoms with Gasteiger partial charge in [0.1, 0.15) is 22.8 Å². The van der Waals surface area contributed by atoms with Crippen molar-refractivity contribution in [1.29, 1.82) is 5.26 Å². The van der Waals surface area contributed by atoms with Gasteiger partial charge in [-0.05, 0) is 61.2 Å². The molecule has 0 spiro atoms. The van der Waals surface area contributed by atoms with Gasteiger partial charge in [-0.3, -0.25) is 0 Å². The first-order valence-electron chi connectivity index (χ1n) is 6.79. The normalized spacial score (nSPS) is 21.6. The molecule has 0 radical (unpaired) electrons. The van der Waals surface area contributed by atoms with Crippen molar-refractivity contribution in [2.75, 3.05) is 0 Å². The van der Waals surface area contributed by atoms with Crippen LogP contribution in [0.15, 0.2) is 36.4 Å². The van der Waals surface area contributed by atoms with Gasteiger partial charge in [-0.25, -0.2) is 0 Å². The standard InChI is InChI=1S/C16H16N2OS/c17-10-13-8-9-16(20-13)11-4-6-12(7-5-11)19-15-3-1-2-14(15)18/h4-9,14-15H,1-3,18H2/t14-,15+/m0/s1. The second-order valence-electron chi connectivity index (χ2n) is 5.05. The molecule has 0 unspecified atom stereocenters. The predicted octanol–water partition coefficient (Wildman–Crippen LogP) is 3.55. The van der Waals surface area contributed by atoms with Crippen molar-refractivity contribution in [2.24, 2.45) is 5.73 Å². The van der Waals surface area contributed by atoms with Crippen molar-refractivity contribution in [3.05, 3.63) is 41.3 Å². The molecule has 2 atom stereocenters. The topological polar surface area (TPSA) is 59.0 Å². The minimum Gasteiger partial charge on any atom is -0.489 e. The molecule has 1 aromatic carbocycles. The van der Waals surface area contributed by atoms with E-state index in [1.165, 1.54) is 11.3 Å². The van der Waals surface area contributed by atoms with Crippen molar-refractivity contribution in [2.45, 2.75) is 31.4 Å². The number of nitrogens with zero attached hydrogens (tertiary/aromatic N) is 1. The van der Waals surface area contributed by atoms with E-state index in [4.69, 9.17) is 15.7 Å². The first-order valence-corrected chi connectivity index (χ1v) is 7.60. The molecule has 1 saturated carbocycles. The Balaban J connectivity index is 1.72. The summed E-state index contributed by atoms with van der Waals surface area (Å²) in [4.78, 5) is 1.84. The average molecular weight is 284 g/mol. The highest BCUT2D eigenvalue weighted by Crippen LogP contribution is 2.30. The van der Waals surface area contributed by atoms with Crippen molar-refractivity contribution >= 4 is 11.3 Å². The largest absolute Gasteiger partial charge is 0.489 e. The van der Waals surface area contributed by atoms with Crippen molar-refractivity contribution in [1.82, 2.24) is 0 Å². The van der Waals surface area contributed by atoms with E-state index in [2.05, 4.69) is 6.07 Å². The lowest BCUT2D eigenvalue weighted by Gasteiger charge is -2.17. The summed E-state index contributed by atoms with van der Waals surface area (Å²) in [5.74, 6) is 0.869. The predicted molar refractivity (Wildman–Crippen MR) is 80.7 cm³/mol. The van der Waals surface area contributed by atoms with E-state index < -0.39 is 0 Å². The van der Waals surface area contributed by atoms with E-state index in [-0.39, 0.29) is 12.1 Å². The molecule has 0 saturated heterocycles. The highest BCUT2D eigenvalue weighted by atomic mass is 32.1. The molecule has 20 heavy (non-hydrogen) atoms. The van der Waals surface area contributed by atoms with Crippen molar-refractivity contribution in [3.63, 3.8) is 0 Å². The first kappa shape index (κ1) is 13.2. The Morgan fingerprint density at radius 3 is 2.55 bits per heavy atom. The molecule has 3 nitrogen and oxygen atoms in total. The maximum Gasteiger partial charge on any atom is 0.119 e. The van der Waals surface area contributed by atoms with E-state index in [9.17, 15) is 0 Å². The maximum absolute atomic E-state index is 8.85.